The van der Waals surface area contributed by atoms with E-state index in [0.717, 1.165) is 23.0 Å². The van der Waals surface area contributed by atoms with Gasteiger partial charge in [0.2, 0.25) is 0 Å². The van der Waals surface area contributed by atoms with Crippen LogP contribution in [-0.4, -0.2) is 11.7 Å². The van der Waals surface area contributed by atoms with Crippen molar-refractivity contribution in [1.82, 2.24) is 0 Å². The Kier molecular flexibility index (Phi) is 5.56. The molecular formula is C19H24N2S. The molecule has 0 heterocycles. The zero-order chi connectivity index (χ0) is 16.1. The molecule has 22 heavy (non-hydrogen) atoms. The molecule has 0 radical (unpaired) electrons. The molecule has 0 atom stereocenters. The zero-order valence-electron chi connectivity index (χ0n) is 13.8. The van der Waals surface area contributed by atoms with Crippen molar-refractivity contribution in [3.8, 4) is 0 Å². The second kappa shape index (κ2) is 7.41. The normalized spacial score (nSPS) is 10.6. The van der Waals surface area contributed by atoms with Crippen LogP contribution in [-0.2, 0) is 0 Å². The molecule has 116 valence electrons. The summed E-state index contributed by atoms with van der Waals surface area (Å²) in [6, 6.07) is 16.9. The molecule has 3 heteroatoms. The zero-order valence-corrected chi connectivity index (χ0v) is 14.6. The molecule has 0 spiro atoms. The molecule has 1 N–H and O–H groups in total. The minimum Gasteiger partial charge on any atom is -0.332 e. The monoisotopic (exact) mass is 312 g/mol. The maximum Gasteiger partial charge on any atom is 0.177 e. The fraction of sp³-hybridized carbons (Fsp3) is 0.316. The van der Waals surface area contributed by atoms with Gasteiger partial charge in [-0.1, -0.05) is 38.1 Å². The molecule has 2 nitrogen and oxygen atoms in total. The minimum absolute atomic E-state index is 0.542. The molecule has 0 aromatic heterocycles. The highest BCUT2D eigenvalue weighted by Gasteiger charge is 2.10. The Bertz CT molecular complexity index is 632. The Hall–Kier alpha value is -1.87. The summed E-state index contributed by atoms with van der Waals surface area (Å²) >= 11 is 5.58. The van der Waals surface area contributed by atoms with Crippen LogP contribution in [0, 0.1) is 6.92 Å². The van der Waals surface area contributed by atoms with Crippen LogP contribution in [0.4, 0.5) is 11.4 Å². The largest absolute Gasteiger partial charge is 0.332 e. The van der Waals surface area contributed by atoms with E-state index >= 15 is 0 Å². The lowest BCUT2D eigenvalue weighted by molar-refractivity contribution is 0.867. The minimum atomic E-state index is 0.542. The third-order valence-electron chi connectivity index (χ3n) is 3.70. The van der Waals surface area contributed by atoms with Gasteiger partial charge in [0.1, 0.15) is 0 Å². The van der Waals surface area contributed by atoms with E-state index in [1.165, 1.54) is 11.1 Å². The molecular weight excluding hydrogens is 288 g/mol. The lowest BCUT2D eigenvalue weighted by atomic mass is 10.0. The molecule has 0 aliphatic carbocycles. The second-order valence-electron chi connectivity index (χ2n) is 5.79. The summed E-state index contributed by atoms with van der Waals surface area (Å²) < 4.78 is 0. The number of aryl methyl sites for hydroxylation is 1. The highest BCUT2D eigenvalue weighted by molar-refractivity contribution is 7.80. The van der Waals surface area contributed by atoms with Crippen LogP contribution in [0.25, 0.3) is 0 Å². The highest BCUT2D eigenvalue weighted by Crippen LogP contribution is 2.20. The fourth-order valence-electron chi connectivity index (χ4n) is 2.38. The van der Waals surface area contributed by atoms with E-state index in [1.54, 1.807) is 0 Å². The Labute approximate surface area is 139 Å². The van der Waals surface area contributed by atoms with Crippen molar-refractivity contribution in [2.45, 2.75) is 33.6 Å². The molecule has 2 rings (SSSR count). The average molecular weight is 312 g/mol. The third kappa shape index (κ3) is 4.08. The van der Waals surface area contributed by atoms with Gasteiger partial charge >= 0.3 is 0 Å². The smallest absolute Gasteiger partial charge is 0.177 e. The molecule has 0 fully saturated rings. The van der Waals surface area contributed by atoms with Crippen molar-refractivity contribution in [3.05, 3.63) is 59.7 Å². The van der Waals surface area contributed by atoms with Crippen molar-refractivity contribution in [1.29, 1.82) is 0 Å². The number of thiocarbonyl (C=S) groups is 1. The van der Waals surface area contributed by atoms with Crippen LogP contribution < -0.4 is 10.2 Å². The van der Waals surface area contributed by atoms with Gasteiger partial charge in [0.05, 0.1) is 0 Å². The van der Waals surface area contributed by atoms with Gasteiger partial charge in [-0.15, -0.1) is 0 Å². The first-order chi connectivity index (χ1) is 10.5. The number of hydrogen-bond donors (Lipinski definition) is 1. The Morgan fingerprint density at radius 1 is 1.14 bits per heavy atom. The Balaban J connectivity index is 2.12. The van der Waals surface area contributed by atoms with Gasteiger partial charge in [-0.2, -0.15) is 0 Å². The lowest BCUT2D eigenvalue weighted by Crippen LogP contribution is -2.34. The van der Waals surface area contributed by atoms with Gasteiger partial charge < -0.3 is 10.2 Å². The van der Waals surface area contributed by atoms with Crippen LogP contribution in [0.1, 0.15) is 37.8 Å². The van der Waals surface area contributed by atoms with Gasteiger partial charge in [-0.25, -0.2) is 0 Å². The first-order valence-electron chi connectivity index (χ1n) is 7.76. The number of nitrogens with one attached hydrogen (secondary N) is 1. The predicted molar refractivity (Wildman–Crippen MR) is 101 cm³/mol. The van der Waals surface area contributed by atoms with Crippen molar-refractivity contribution < 1.29 is 0 Å². The maximum atomic E-state index is 5.58. The van der Waals surface area contributed by atoms with Crippen LogP contribution >= 0.6 is 12.2 Å². The van der Waals surface area contributed by atoms with Gasteiger partial charge in [0.15, 0.2) is 5.11 Å². The molecule has 0 aliphatic heterocycles. The average Bonchev–Trinajstić information content (AvgIpc) is 2.48. The van der Waals surface area contributed by atoms with E-state index in [1.807, 2.05) is 0 Å². The highest BCUT2D eigenvalue weighted by atomic mass is 32.1. The summed E-state index contributed by atoms with van der Waals surface area (Å²) in [5.74, 6) is 0.542. The molecule has 2 aromatic carbocycles. The standard InChI is InChI=1S/C19H24N2S/c1-5-21(18-8-6-7-15(4)13-18)19(22)20-17-11-9-16(10-12-17)14(2)3/h6-14H,5H2,1-4H3,(H,20,22). The summed E-state index contributed by atoms with van der Waals surface area (Å²) in [4.78, 5) is 2.11. The quantitative estimate of drug-likeness (QED) is 0.767. The SMILES string of the molecule is CCN(C(=S)Nc1ccc(C(C)C)cc1)c1cccc(C)c1. The van der Waals surface area contributed by atoms with Gasteiger partial charge in [0, 0.05) is 17.9 Å². The summed E-state index contributed by atoms with van der Waals surface area (Å²) in [6.45, 7) is 9.43. The van der Waals surface area contributed by atoms with Crippen LogP contribution in [0.2, 0.25) is 0 Å². The lowest BCUT2D eigenvalue weighted by Gasteiger charge is -2.25. The molecule has 0 amide bonds. The summed E-state index contributed by atoms with van der Waals surface area (Å²) in [7, 11) is 0. The van der Waals surface area contributed by atoms with E-state index in [-0.39, 0.29) is 0 Å². The molecule has 0 saturated heterocycles. The van der Waals surface area contributed by atoms with Crippen molar-refractivity contribution in [2.75, 3.05) is 16.8 Å². The number of anilines is 2. The van der Waals surface area contributed by atoms with E-state index in [2.05, 4.69) is 86.4 Å². The summed E-state index contributed by atoms with van der Waals surface area (Å²) in [5.41, 5.74) is 4.72. The number of hydrogen-bond acceptors (Lipinski definition) is 1. The van der Waals surface area contributed by atoms with Crippen LogP contribution in [0.15, 0.2) is 48.5 Å². The van der Waals surface area contributed by atoms with Crippen molar-refractivity contribution in [2.24, 2.45) is 0 Å². The Morgan fingerprint density at radius 3 is 2.36 bits per heavy atom. The molecule has 0 bridgehead atoms. The molecule has 0 unspecified atom stereocenters. The van der Waals surface area contributed by atoms with Crippen LogP contribution in [0.5, 0.6) is 0 Å². The molecule has 2 aromatic rings. The third-order valence-corrected chi connectivity index (χ3v) is 4.03. The second-order valence-corrected chi connectivity index (χ2v) is 6.18. The van der Waals surface area contributed by atoms with Crippen molar-refractivity contribution in [3.63, 3.8) is 0 Å². The summed E-state index contributed by atoms with van der Waals surface area (Å²) in [6.07, 6.45) is 0. The van der Waals surface area contributed by atoms with E-state index in [9.17, 15) is 0 Å². The first kappa shape index (κ1) is 16.5. The van der Waals surface area contributed by atoms with Crippen LogP contribution in [0.3, 0.4) is 0 Å². The maximum absolute atomic E-state index is 5.58. The Morgan fingerprint density at radius 2 is 1.82 bits per heavy atom. The number of benzene rings is 2. The molecule has 0 aliphatic rings. The van der Waals surface area contributed by atoms with Gasteiger partial charge in [-0.05, 0) is 67.4 Å². The predicted octanol–water partition coefficient (Wildman–Crippen LogP) is 5.34. The van der Waals surface area contributed by atoms with Crippen molar-refractivity contribution >= 4 is 28.7 Å². The fourth-order valence-corrected chi connectivity index (χ4v) is 2.73. The van der Waals surface area contributed by atoms with E-state index < -0.39 is 0 Å². The first-order valence-corrected chi connectivity index (χ1v) is 8.17. The van der Waals surface area contributed by atoms with Gasteiger partial charge in [-0.3, -0.25) is 0 Å². The molecule has 0 saturated carbocycles. The number of rotatable bonds is 4. The van der Waals surface area contributed by atoms with E-state index in [0.29, 0.717) is 5.92 Å². The topological polar surface area (TPSA) is 15.3 Å². The number of nitrogens with zero attached hydrogens (tertiary/aromatic N) is 1. The van der Waals surface area contributed by atoms with Gasteiger partial charge in [0.25, 0.3) is 0 Å². The van der Waals surface area contributed by atoms with E-state index in [4.69, 9.17) is 12.2 Å². The summed E-state index contributed by atoms with van der Waals surface area (Å²) in [5, 5.41) is 4.06.